The van der Waals surface area contributed by atoms with Gasteiger partial charge in [0.2, 0.25) is 0 Å². The lowest BCUT2D eigenvalue weighted by Gasteiger charge is -2.10. The summed E-state index contributed by atoms with van der Waals surface area (Å²) in [5, 5.41) is 8.93. The summed E-state index contributed by atoms with van der Waals surface area (Å²) in [7, 11) is -2.14. The fourth-order valence-corrected chi connectivity index (χ4v) is 3.48. The minimum atomic E-state index is -3.55. The number of halogens is 1. The molecule has 1 rings (SSSR count). The molecule has 0 heterocycles. The Kier molecular flexibility index (Phi) is 4.89. The van der Waals surface area contributed by atoms with E-state index in [2.05, 4.69) is 15.9 Å². The van der Waals surface area contributed by atoms with Gasteiger partial charge >= 0.3 is 5.97 Å². The molecule has 0 aliphatic rings. The highest BCUT2D eigenvalue weighted by Gasteiger charge is 2.21. The van der Waals surface area contributed by atoms with Gasteiger partial charge in [0.1, 0.15) is 0 Å². The number of hydrogen-bond acceptors (Lipinski definition) is 4. The van der Waals surface area contributed by atoms with Gasteiger partial charge in [-0.2, -0.15) is 0 Å². The fourth-order valence-electron chi connectivity index (χ4n) is 1.40. The van der Waals surface area contributed by atoms with Crippen molar-refractivity contribution in [1.82, 2.24) is 0 Å². The van der Waals surface area contributed by atoms with Gasteiger partial charge in [0.15, 0.2) is 9.84 Å². The Hall–Kier alpha value is -0.920. The number of methoxy groups -OCH3 is 1. The van der Waals surface area contributed by atoms with Crippen LogP contribution in [-0.2, 0) is 14.6 Å². The molecule has 0 saturated carbocycles. The normalized spacial score (nSPS) is 11.5. The number of carboxylic acid groups (broad SMARTS) is 1. The van der Waals surface area contributed by atoms with Crippen molar-refractivity contribution in [3.63, 3.8) is 0 Å². The standard InChI is InChI=1S/C11H13BrO5S/c1-7-9(12)5-8(11(13)14)6-10(7)18(15,16)4-3-17-2/h5-6H,3-4H2,1-2H3,(H,13,14). The first-order valence-corrected chi connectivity index (χ1v) is 7.49. The predicted octanol–water partition coefficient (Wildman–Crippen LogP) is 1.88. The van der Waals surface area contributed by atoms with Crippen LogP contribution in [0.3, 0.4) is 0 Å². The van der Waals surface area contributed by atoms with E-state index in [1.807, 2.05) is 0 Å². The lowest BCUT2D eigenvalue weighted by Crippen LogP contribution is -2.14. The van der Waals surface area contributed by atoms with E-state index in [9.17, 15) is 13.2 Å². The van der Waals surface area contributed by atoms with E-state index in [4.69, 9.17) is 9.84 Å². The predicted molar refractivity (Wildman–Crippen MR) is 69.8 cm³/mol. The van der Waals surface area contributed by atoms with Crippen molar-refractivity contribution in [2.24, 2.45) is 0 Å². The molecule has 0 aliphatic heterocycles. The van der Waals surface area contributed by atoms with Crippen LogP contribution in [0.25, 0.3) is 0 Å². The molecule has 0 unspecified atom stereocenters. The molecule has 7 heteroatoms. The third-order valence-electron chi connectivity index (χ3n) is 2.43. The van der Waals surface area contributed by atoms with Gasteiger partial charge in [0.25, 0.3) is 0 Å². The molecule has 1 aromatic carbocycles. The molecule has 0 fully saturated rings. The number of aromatic carboxylic acids is 1. The summed E-state index contributed by atoms with van der Waals surface area (Å²) in [5.74, 6) is -1.35. The number of carboxylic acids is 1. The van der Waals surface area contributed by atoms with Crippen molar-refractivity contribution in [3.05, 3.63) is 27.7 Å². The minimum Gasteiger partial charge on any atom is -0.478 e. The van der Waals surface area contributed by atoms with Gasteiger partial charge in [-0.25, -0.2) is 13.2 Å². The molecular weight excluding hydrogens is 324 g/mol. The maximum absolute atomic E-state index is 12.0. The molecule has 0 atom stereocenters. The van der Waals surface area contributed by atoms with Crippen LogP contribution in [0.4, 0.5) is 0 Å². The molecule has 0 bridgehead atoms. The summed E-state index contributed by atoms with van der Waals surface area (Å²) in [6.45, 7) is 1.69. The number of benzene rings is 1. The summed E-state index contributed by atoms with van der Waals surface area (Å²) in [5.41, 5.74) is 0.430. The zero-order valence-corrected chi connectivity index (χ0v) is 12.3. The summed E-state index contributed by atoms with van der Waals surface area (Å²) in [6, 6.07) is 2.56. The monoisotopic (exact) mass is 336 g/mol. The van der Waals surface area contributed by atoms with Crippen molar-refractivity contribution >= 4 is 31.7 Å². The Balaban J connectivity index is 3.35. The average molecular weight is 337 g/mol. The summed E-state index contributed by atoms with van der Waals surface area (Å²) in [4.78, 5) is 10.9. The zero-order chi connectivity index (χ0) is 13.9. The Morgan fingerprint density at radius 3 is 2.56 bits per heavy atom. The van der Waals surface area contributed by atoms with Crippen LogP contribution in [-0.4, -0.2) is 39.0 Å². The van der Waals surface area contributed by atoms with Crippen LogP contribution >= 0.6 is 15.9 Å². The molecule has 0 aromatic heterocycles. The van der Waals surface area contributed by atoms with E-state index in [0.29, 0.717) is 10.0 Å². The molecule has 0 amide bonds. The molecule has 0 spiro atoms. The summed E-state index contributed by atoms with van der Waals surface area (Å²) >= 11 is 3.17. The summed E-state index contributed by atoms with van der Waals surface area (Å²) < 4.78 is 29.3. The van der Waals surface area contributed by atoms with Gasteiger partial charge in [-0.15, -0.1) is 0 Å². The first kappa shape index (κ1) is 15.1. The van der Waals surface area contributed by atoms with Crippen molar-refractivity contribution in [2.45, 2.75) is 11.8 Å². The second-order valence-electron chi connectivity index (χ2n) is 3.70. The van der Waals surface area contributed by atoms with Gasteiger partial charge in [-0.05, 0) is 24.6 Å². The second-order valence-corrected chi connectivity index (χ2v) is 6.63. The Bertz CT molecular complexity index is 565. The van der Waals surface area contributed by atoms with Crippen molar-refractivity contribution < 1.29 is 23.1 Å². The smallest absolute Gasteiger partial charge is 0.335 e. The van der Waals surface area contributed by atoms with E-state index in [-0.39, 0.29) is 22.8 Å². The third kappa shape index (κ3) is 3.30. The molecule has 100 valence electrons. The van der Waals surface area contributed by atoms with Crippen LogP contribution in [0.1, 0.15) is 15.9 Å². The van der Waals surface area contributed by atoms with Crippen molar-refractivity contribution in [3.8, 4) is 0 Å². The second kappa shape index (κ2) is 5.81. The summed E-state index contributed by atoms with van der Waals surface area (Å²) in [6.07, 6.45) is 0. The Morgan fingerprint density at radius 2 is 2.06 bits per heavy atom. The maximum Gasteiger partial charge on any atom is 0.335 e. The maximum atomic E-state index is 12.0. The van der Waals surface area contributed by atoms with E-state index >= 15 is 0 Å². The van der Waals surface area contributed by atoms with Crippen molar-refractivity contribution in [2.75, 3.05) is 19.5 Å². The van der Waals surface area contributed by atoms with Gasteiger partial charge < -0.3 is 9.84 Å². The quantitative estimate of drug-likeness (QED) is 0.887. The first-order chi connectivity index (χ1) is 8.29. The highest BCUT2D eigenvalue weighted by molar-refractivity contribution is 9.10. The highest BCUT2D eigenvalue weighted by Crippen LogP contribution is 2.26. The van der Waals surface area contributed by atoms with Crippen LogP contribution < -0.4 is 0 Å². The largest absolute Gasteiger partial charge is 0.478 e. The zero-order valence-electron chi connectivity index (χ0n) is 9.94. The fraction of sp³-hybridized carbons (Fsp3) is 0.364. The van der Waals surface area contributed by atoms with Crippen molar-refractivity contribution in [1.29, 1.82) is 0 Å². The van der Waals surface area contributed by atoms with Crippen LogP contribution in [0.5, 0.6) is 0 Å². The SMILES string of the molecule is COCCS(=O)(=O)c1cc(C(=O)O)cc(Br)c1C. The molecule has 0 aliphatic carbocycles. The third-order valence-corrected chi connectivity index (χ3v) is 5.06. The topological polar surface area (TPSA) is 80.7 Å². The lowest BCUT2D eigenvalue weighted by atomic mass is 10.1. The molecule has 0 radical (unpaired) electrons. The van der Waals surface area contributed by atoms with Gasteiger partial charge in [0, 0.05) is 11.6 Å². The van der Waals surface area contributed by atoms with E-state index in [1.54, 1.807) is 6.92 Å². The molecule has 1 N–H and O–H groups in total. The number of hydrogen-bond donors (Lipinski definition) is 1. The Morgan fingerprint density at radius 1 is 1.44 bits per heavy atom. The van der Waals surface area contributed by atoms with E-state index < -0.39 is 15.8 Å². The number of carbonyl (C=O) groups is 1. The number of ether oxygens (including phenoxy) is 1. The highest BCUT2D eigenvalue weighted by atomic mass is 79.9. The molecule has 18 heavy (non-hydrogen) atoms. The Labute approximate surface area is 114 Å². The molecule has 1 aromatic rings. The number of sulfone groups is 1. The number of rotatable bonds is 5. The first-order valence-electron chi connectivity index (χ1n) is 5.04. The van der Waals surface area contributed by atoms with Gasteiger partial charge in [-0.1, -0.05) is 15.9 Å². The van der Waals surface area contributed by atoms with Gasteiger partial charge in [0.05, 0.1) is 22.8 Å². The van der Waals surface area contributed by atoms with E-state index in [1.165, 1.54) is 19.2 Å². The van der Waals surface area contributed by atoms with Gasteiger partial charge in [-0.3, -0.25) is 0 Å². The van der Waals surface area contributed by atoms with Crippen LogP contribution in [0.15, 0.2) is 21.5 Å². The van der Waals surface area contributed by atoms with Crippen LogP contribution in [0.2, 0.25) is 0 Å². The average Bonchev–Trinajstić information content (AvgIpc) is 2.29. The molecule has 5 nitrogen and oxygen atoms in total. The lowest BCUT2D eigenvalue weighted by molar-refractivity contribution is 0.0696. The van der Waals surface area contributed by atoms with Crippen LogP contribution in [0, 0.1) is 6.92 Å². The molecule has 0 saturated heterocycles. The van der Waals surface area contributed by atoms with E-state index in [0.717, 1.165) is 0 Å². The minimum absolute atomic E-state index is 0.0197. The molecular formula is C11H13BrO5S.